The van der Waals surface area contributed by atoms with Gasteiger partial charge < -0.3 is 16.0 Å². The number of nitrogen functional groups attached to an aromatic ring is 1. The molecule has 1 unspecified atom stereocenters. The number of pyridine rings is 1. The maximum Gasteiger partial charge on any atom is 0.256 e. The molecule has 10 heteroatoms. The number of piperidine rings is 1. The number of rotatable bonds is 6. The van der Waals surface area contributed by atoms with E-state index >= 15 is 0 Å². The Kier molecular flexibility index (Phi) is 7.03. The Bertz CT molecular complexity index is 1530. The number of anilines is 2. The summed E-state index contributed by atoms with van der Waals surface area (Å²) < 4.78 is 16.3. The zero-order chi connectivity index (χ0) is 27.7. The fraction of sp³-hybridized carbons (Fsp3) is 0.345. The zero-order valence-electron chi connectivity index (χ0n) is 22.3. The summed E-state index contributed by atoms with van der Waals surface area (Å²) in [4.78, 5) is 40.6. The summed E-state index contributed by atoms with van der Waals surface area (Å²) in [7, 11) is 0. The van der Waals surface area contributed by atoms with Crippen molar-refractivity contribution < 1.29 is 14.0 Å². The second-order valence-corrected chi connectivity index (χ2v) is 10.3. The molecule has 0 aliphatic carbocycles. The highest BCUT2D eigenvalue weighted by atomic mass is 19.1. The average Bonchev–Trinajstić information content (AvgIpc) is 3.33. The largest absolute Gasteiger partial charge is 0.382 e. The summed E-state index contributed by atoms with van der Waals surface area (Å²) in [6.07, 6.45) is 7.27. The highest BCUT2D eigenvalue weighted by Crippen LogP contribution is 2.34. The predicted octanol–water partition coefficient (Wildman–Crippen LogP) is 4.95. The lowest BCUT2D eigenvalue weighted by atomic mass is 9.97. The molecule has 0 radical (unpaired) electrons. The number of alkyl halides is 1. The summed E-state index contributed by atoms with van der Waals surface area (Å²) in [5.41, 5.74) is 7.75. The minimum Gasteiger partial charge on any atom is -0.382 e. The van der Waals surface area contributed by atoms with Crippen LogP contribution in [0.25, 0.3) is 16.8 Å². The first-order valence-corrected chi connectivity index (χ1v) is 13.1. The average molecular weight is 530 g/mol. The molecular formula is C29H32FN7O2. The van der Waals surface area contributed by atoms with Crippen LogP contribution in [0, 0.1) is 0 Å². The molecule has 1 atom stereocenters. The second kappa shape index (κ2) is 10.4. The quantitative estimate of drug-likeness (QED) is 0.365. The highest BCUT2D eigenvalue weighted by molar-refractivity contribution is 6.04. The lowest BCUT2D eigenvalue weighted by Gasteiger charge is -2.32. The third-order valence-corrected chi connectivity index (χ3v) is 7.16. The van der Waals surface area contributed by atoms with Gasteiger partial charge in [0.2, 0.25) is 5.91 Å². The first-order valence-electron chi connectivity index (χ1n) is 13.1. The number of nitrogens with zero attached hydrogens (tertiary/aromatic N) is 5. The number of fused-ring (bicyclic) bond motifs is 1. The maximum atomic E-state index is 14.3. The summed E-state index contributed by atoms with van der Waals surface area (Å²) in [5.74, 6) is 1.32. The first-order chi connectivity index (χ1) is 18.7. The Labute approximate surface area is 226 Å². The lowest BCUT2D eigenvalue weighted by molar-refractivity contribution is -0.132. The fourth-order valence-corrected chi connectivity index (χ4v) is 5.05. The van der Waals surface area contributed by atoms with Gasteiger partial charge in [0.25, 0.3) is 5.91 Å². The molecule has 0 bridgehead atoms. The molecule has 202 valence electrons. The Morgan fingerprint density at radius 1 is 1.15 bits per heavy atom. The number of aromatic nitrogens is 4. The van der Waals surface area contributed by atoms with E-state index in [2.05, 4.69) is 15.3 Å². The van der Waals surface area contributed by atoms with Crippen molar-refractivity contribution in [1.29, 1.82) is 0 Å². The van der Waals surface area contributed by atoms with E-state index in [0.717, 1.165) is 30.8 Å². The van der Waals surface area contributed by atoms with Crippen LogP contribution in [-0.2, 0) is 10.5 Å². The Morgan fingerprint density at radius 3 is 2.64 bits per heavy atom. The Balaban J connectivity index is 1.43. The second-order valence-electron chi connectivity index (χ2n) is 10.3. The van der Waals surface area contributed by atoms with Crippen molar-refractivity contribution >= 4 is 29.0 Å². The molecule has 1 aliphatic heterocycles. The molecule has 0 spiro atoms. The topological polar surface area (TPSA) is 119 Å². The number of carbonyl (C=O) groups excluding carboxylic acids is 2. The van der Waals surface area contributed by atoms with Crippen LogP contribution >= 0.6 is 0 Å². The van der Waals surface area contributed by atoms with Crippen LogP contribution in [0.2, 0.25) is 0 Å². The minimum atomic E-state index is -1.55. The van der Waals surface area contributed by atoms with Gasteiger partial charge >= 0.3 is 0 Å². The molecule has 5 rings (SSSR count). The van der Waals surface area contributed by atoms with Gasteiger partial charge in [-0.1, -0.05) is 19.1 Å². The SMILES string of the molecule is CCC(=O)N1CCCC(c2nc(-c3ccc(C(=O)Nc4cc(C(C)(C)F)ccn4)cc3)c3c(N)nccn23)C1. The van der Waals surface area contributed by atoms with Crippen LogP contribution in [0.4, 0.5) is 16.0 Å². The Morgan fingerprint density at radius 2 is 1.92 bits per heavy atom. The lowest BCUT2D eigenvalue weighted by Crippen LogP contribution is -2.39. The van der Waals surface area contributed by atoms with Crippen LogP contribution in [-0.4, -0.2) is 49.2 Å². The van der Waals surface area contributed by atoms with Crippen molar-refractivity contribution in [2.75, 3.05) is 24.1 Å². The normalized spacial score (nSPS) is 15.9. The van der Waals surface area contributed by atoms with E-state index in [1.54, 1.807) is 24.4 Å². The van der Waals surface area contributed by atoms with Crippen LogP contribution in [0.5, 0.6) is 0 Å². The van der Waals surface area contributed by atoms with Gasteiger partial charge in [-0.05, 0) is 56.5 Å². The molecule has 1 aromatic carbocycles. The molecule has 2 amide bonds. The van der Waals surface area contributed by atoms with Crippen molar-refractivity contribution in [3.8, 4) is 11.3 Å². The van der Waals surface area contributed by atoms with E-state index in [4.69, 9.17) is 10.7 Å². The van der Waals surface area contributed by atoms with Gasteiger partial charge in [0, 0.05) is 55.1 Å². The molecule has 9 nitrogen and oxygen atoms in total. The Hall–Kier alpha value is -4.34. The van der Waals surface area contributed by atoms with Crippen molar-refractivity contribution in [2.45, 2.75) is 51.6 Å². The number of likely N-dealkylation sites (tertiary alicyclic amines) is 1. The molecule has 3 N–H and O–H groups in total. The van der Waals surface area contributed by atoms with Gasteiger partial charge in [0.15, 0.2) is 0 Å². The van der Waals surface area contributed by atoms with Gasteiger partial charge in [-0.25, -0.2) is 19.3 Å². The van der Waals surface area contributed by atoms with Gasteiger partial charge in [-0.15, -0.1) is 0 Å². The molecule has 1 fully saturated rings. The number of halogens is 1. The van der Waals surface area contributed by atoms with Crippen LogP contribution in [0.3, 0.4) is 0 Å². The first kappa shape index (κ1) is 26.3. The molecule has 4 heterocycles. The van der Waals surface area contributed by atoms with Crippen LogP contribution < -0.4 is 11.1 Å². The number of nitrogens with one attached hydrogen (secondary N) is 1. The molecule has 1 aliphatic rings. The number of hydrogen-bond acceptors (Lipinski definition) is 6. The van der Waals surface area contributed by atoms with Crippen molar-refractivity contribution in [3.63, 3.8) is 0 Å². The van der Waals surface area contributed by atoms with E-state index in [9.17, 15) is 14.0 Å². The van der Waals surface area contributed by atoms with E-state index in [1.165, 1.54) is 26.1 Å². The van der Waals surface area contributed by atoms with Gasteiger partial charge in [0.1, 0.15) is 34.3 Å². The monoisotopic (exact) mass is 529 g/mol. The molecule has 0 saturated carbocycles. The molecular weight excluding hydrogens is 497 g/mol. The van der Waals surface area contributed by atoms with E-state index in [0.29, 0.717) is 41.1 Å². The number of benzene rings is 1. The summed E-state index contributed by atoms with van der Waals surface area (Å²) in [6.45, 7) is 6.16. The van der Waals surface area contributed by atoms with Crippen LogP contribution in [0.1, 0.15) is 67.7 Å². The zero-order valence-corrected chi connectivity index (χ0v) is 22.3. The number of imidazole rings is 1. The molecule has 3 aromatic heterocycles. The number of nitrogens with two attached hydrogens (primary N) is 1. The van der Waals surface area contributed by atoms with E-state index in [-0.39, 0.29) is 23.6 Å². The fourth-order valence-electron chi connectivity index (χ4n) is 5.05. The number of amides is 2. The van der Waals surface area contributed by atoms with Crippen LogP contribution in [0.15, 0.2) is 55.0 Å². The van der Waals surface area contributed by atoms with E-state index in [1.807, 2.05) is 34.6 Å². The van der Waals surface area contributed by atoms with Gasteiger partial charge in [-0.2, -0.15) is 0 Å². The summed E-state index contributed by atoms with van der Waals surface area (Å²) in [5, 5.41) is 2.74. The number of hydrogen-bond donors (Lipinski definition) is 2. The number of carbonyl (C=O) groups is 2. The molecule has 4 aromatic rings. The summed E-state index contributed by atoms with van der Waals surface area (Å²) in [6, 6.07) is 10.1. The summed E-state index contributed by atoms with van der Waals surface area (Å²) >= 11 is 0. The van der Waals surface area contributed by atoms with Gasteiger partial charge in [-0.3, -0.25) is 14.0 Å². The van der Waals surface area contributed by atoms with Gasteiger partial charge in [0.05, 0.1) is 0 Å². The standard InChI is InChI=1S/C29H32FN7O2/c1-4-23(38)36-14-5-6-20(17-36)27-35-24(25-26(31)33-13-15-37(25)27)18-7-9-19(10-8-18)28(39)34-22-16-21(11-12-32-22)29(2,3)30/h7-13,15-16,20H,4-6,14,17H2,1-3H3,(H2,31,33)(H,32,34,39). The third-order valence-electron chi connectivity index (χ3n) is 7.16. The van der Waals surface area contributed by atoms with Crippen molar-refractivity contribution in [1.82, 2.24) is 24.3 Å². The third kappa shape index (κ3) is 5.32. The van der Waals surface area contributed by atoms with Crippen molar-refractivity contribution in [2.24, 2.45) is 0 Å². The highest BCUT2D eigenvalue weighted by Gasteiger charge is 2.29. The predicted molar refractivity (Wildman–Crippen MR) is 148 cm³/mol. The smallest absolute Gasteiger partial charge is 0.256 e. The molecule has 39 heavy (non-hydrogen) atoms. The van der Waals surface area contributed by atoms with E-state index < -0.39 is 5.67 Å². The minimum absolute atomic E-state index is 0.0694. The maximum absolute atomic E-state index is 14.3. The molecule has 1 saturated heterocycles. The van der Waals surface area contributed by atoms with Crippen molar-refractivity contribution in [3.05, 3.63) is 71.9 Å².